The van der Waals surface area contributed by atoms with Gasteiger partial charge in [0.1, 0.15) is 17.7 Å². The van der Waals surface area contributed by atoms with Gasteiger partial charge in [0.15, 0.2) is 0 Å². The second-order valence-corrected chi connectivity index (χ2v) is 8.84. The molecule has 3 rings (SSSR count). The lowest BCUT2D eigenvalue weighted by Gasteiger charge is -2.38. The van der Waals surface area contributed by atoms with E-state index in [1.807, 2.05) is 36.1 Å². The van der Waals surface area contributed by atoms with Crippen LogP contribution >= 0.6 is 11.6 Å². The van der Waals surface area contributed by atoms with Gasteiger partial charge in [-0.05, 0) is 62.1 Å². The smallest absolute Gasteiger partial charge is 0.272 e. The zero-order valence-corrected chi connectivity index (χ0v) is 20.4. The number of hydrogen-bond donors (Lipinski definition) is 3. The highest BCUT2D eigenvalue weighted by molar-refractivity contribution is 6.30. The molecule has 0 radical (unpaired) electrons. The van der Waals surface area contributed by atoms with E-state index in [-0.39, 0.29) is 12.3 Å². The first-order chi connectivity index (χ1) is 16.8. The van der Waals surface area contributed by atoms with Gasteiger partial charge in [-0.25, -0.2) is 9.87 Å². The summed E-state index contributed by atoms with van der Waals surface area (Å²) in [5.74, 6) is -2.06. The van der Waals surface area contributed by atoms with Crippen LogP contribution in [0.25, 0.3) is 0 Å². The Morgan fingerprint density at radius 1 is 1.14 bits per heavy atom. The van der Waals surface area contributed by atoms with Crippen molar-refractivity contribution in [2.24, 2.45) is 5.92 Å². The molecule has 10 heteroatoms. The number of aryl methyl sites for hydroxylation is 1. The first kappa shape index (κ1) is 26.7. The Morgan fingerprint density at radius 3 is 2.43 bits per heavy atom. The lowest BCUT2D eigenvalue weighted by molar-refractivity contribution is -0.150. The first-order valence-corrected chi connectivity index (χ1v) is 12.0. The van der Waals surface area contributed by atoms with Crippen molar-refractivity contribution in [1.29, 1.82) is 0 Å². The van der Waals surface area contributed by atoms with Crippen LogP contribution in [0.2, 0.25) is 5.02 Å². The fraction of sp³-hybridized carbons (Fsp3) is 0.440. The number of amides is 2. The summed E-state index contributed by atoms with van der Waals surface area (Å²) in [6.45, 7) is 3.90. The monoisotopic (exact) mass is 507 g/mol. The molecule has 2 atom stereocenters. The Hall–Kier alpha value is -2.88. The van der Waals surface area contributed by atoms with Gasteiger partial charge in [-0.2, -0.15) is 0 Å². The van der Waals surface area contributed by atoms with E-state index in [4.69, 9.17) is 21.5 Å². The minimum Gasteiger partial charge on any atom is -0.494 e. The summed E-state index contributed by atoms with van der Waals surface area (Å²) < 4.78 is 19.7. The molecule has 35 heavy (non-hydrogen) atoms. The highest BCUT2D eigenvalue weighted by Crippen LogP contribution is 2.25. The molecule has 2 aromatic carbocycles. The molecule has 8 nitrogen and oxygen atoms in total. The van der Waals surface area contributed by atoms with Crippen molar-refractivity contribution >= 4 is 29.1 Å². The van der Waals surface area contributed by atoms with E-state index in [1.165, 1.54) is 11.5 Å². The molecular weight excluding hydrogens is 477 g/mol. The van der Waals surface area contributed by atoms with Crippen molar-refractivity contribution in [2.75, 3.05) is 37.7 Å². The summed E-state index contributed by atoms with van der Waals surface area (Å²) in [6.07, 6.45) is -0.227. The molecule has 0 saturated carbocycles. The van der Waals surface area contributed by atoms with Gasteiger partial charge in [0.05, 0.1) is 18.2 Å². The maximum Gasteiger partial charge on any atom is 0.272 e. The molecule has 1 aliphatic heterocycles. The molecule has 190 valence electrons. The van der Waals surface area contributed by atoms with Crippen LogP contribution in [0.15, 0.2) is 42.5 Å². The Morgan fingerprint density at radius 2 is 1.83 bits per heavy atom. The summed E-state index contributed by atoms with van der Waals surface area (Å²) in [7, 11) is 0. The molecule has 0 spiro atoms. The molecule has 0 bridgehead atoms. The molecule has 2 amide bonds. The predicted molar refractivity (Wildman–Crippen MR) is 130 cm³/mol. The lowest BCUT2D eigenvalue weighted by Crippen LogP contribution is -2.53. The number of halogens is 2. The van der Waals surface area contributed by atoms with Gasteiger partial charge in [-0.3, -0.25) is 14.8 Å². The number of carbonyl (C=O) groups excluding carboxylic acids is 2. The van der Waals surface area contributed by atoms with E-state index in [9.17, 15) is 19.1 Å². The molecule has 1 fully saturated rings. The number of hydrogen-bond acceptors (Lipinski definition) is 6. The van der Waals surface area contributed by atoms with E-state index >= 15 is 0 Å². The van der Waals surface area contributed by atoms with Gasteiger partial charge < -0.3 is 19.6 Å². The number of carbonyl (C=O) groups is 2. The second kappa shape index (κ2) is 12.7. The highest BCUT2D eigenvalue weighted by atomic mass is 35.5. The first-order valence-electron chi connectivity index (χ1n) is 11.7. The molecule has 1 saturated heterocycles. The van der Waals surface area contributed by atoms with Crippen molar-refractivity contribution in [1.82, 2.24) is 10.4 Å². The molecule has 2 aromatic rings. The number of piperazine rings is 1. The number of benzene rings is 2. The Balaban J connectivity index is 1.61. The topological polar surface area (TPSA) is 102 Å². The van der Waals surface area contributed by atoms with E-state index < -0.39 is 23.7 Å². The van der Waals surface area contributed by atoms with Crippen LogP contribution < -0.4 is 15.1 Å². The summed E-state index contributed by atoms with van der Waals surface area (Å²) in [4.78, 5) is 28.6. The third kappa shape index (κ3) is 7.06. The number of anilines is 1. The number of ether oxygens (including phenoxy) is 1. The van der Waals surface area contributed by atoms with E-state index in [2.05, 4.69) is 0 Å². The number of rotatable bonds is 10. The Labute approximate surface area is 209 Å². The third-order valence-corrected chi connectivity index (χ3v) is 6.37. The number of aliphatic hydroxyl groups excluding tert-OH is 1. The van der Waals surface area contributed by atoms with E-state index in [0.29, 0.717) is 56.3 Å². The molecule has 1 aliphatic rings. The van der Waals surface area contributed by atoms with Crippen molar-refractivity contribution in [3.63, 3.8) is 0 Å². The van der Waals surface area contributed by atoms with Gasteiger partial charge in [0, 0.05) is 31.2 Å². The van der Waals surface area contributed by atoms with Crippen LogP contribution in [0, 0.1) is 11.7 Å². The van der Waals surface area contributed by atoms with Crippen LogP contribution in [0.1, 0.15) is 25.3 Å². The minimum atomic E-state index is -1.68. The molecule has 0 aliphatic carbocycles. The van der Waals surface area contributed by atoms with Gasteiger partial charge in [0.25, 0.3) is 5.91 Å². The number of nitrogens with one attached hydrogen (secondary N) is 1. The fourth-order valence-corrected chi connectivity index (χ4v) is 4.41. The zero-order valence-electron chi connectivity index (χ0n) is 19.6. The predicted octanol–water partition coefficient (Wildman–Crippen LogP) is 3.03. The number of nitrogens with zero attached hydrogens (tertiary/aromatic N) is 2. The fourth-order valence-electron chi connectivity index (χ4n) is 4.25. The molecule has 1 heterocycles. The Kier molecular flexibility index (Phi) is 9.71. The second-order valence-electron chi connectivity index (χ2n) is 8.40. The van der Waals surface area contributed by atoms with Gasteiger partial charge in [-0.1, -0.05) is 23.7 Å². The lowest BCUT2D eigenvalue weighted by atomic mass is 9.92. The molecular formula is C25H31ClFN3O5. The average Bonchev–Trinajstić information content (AvgIpc) is 2.87. The van der Waals surface area contributed by atoms with E-state index in [0.717, 1.165) is 11.3 Å². The maximum absolute atomic E-state index is 14.3. The minimum absolute atomic E-state index is 0.257. The SMILES string of the molecule is CCOc1ccc(CCC[C@@H](C(=O)N2CCN(c3ccc(Cl)cc3F)CC2)[C@H](O)C(=O)NO)cc1. The standard InChI is InChI=1S/C25H31ClFN3O5/c1-2-35-19-9-6-17(7-10-19)4-3-5-20(23(31)24(32)28-34)25(33)30-14-12-29(13-15-30)22-11-8-18(26)16-21(22)27/h6-11,16,20,23,31,34H,2-5,12-15H2,1H3,(H,28,32)/t20-,23+/m1/s1. The largest absolute Gasteiger partial charge is 0.494 e. The van der Waals surface area contributed by atoms with Crippen molar-refractivity contribution in [2.45, 2.75) is 32.3 Å². The van der Waals surface area contributed by atoms with Crippen LogP contribution in [-0.2, 0) is 16.0 Å². The molecule has 0 unspecified atom stereocenters. The quantitative estimate of drug-likeness (QED) is 0.337. The van der Waals surface area contributed by atoms with Crippen molar-refractivity contribution in [3.05, 3.63) is 58.9 Å². The Bertz CT molecular complexity index is 999. The van der Waals surface area contributed by atoms with Crippen LogP contribution in [0.5, 0.6) is 5.75 Å². The normalized spacial score (nSPS) is 15.5. The van der Waals surface area contributed by atoms with Gasteiger partial charge in [0.2, 0.25) is 5.91 Å². The highest BCUT2D eigenvalue weighted by Gasteiger charge is 2.35. The third-order valence-electron chi connectivity index (χ3n) is 6.13. The maximum atomic E-state index is 14.3. The van der Waals surface area contributed by atoms with Crippen LogP contribution in [-0.4, -0.2) is 65.9 Å². The average molecular weight is 508 g/mol. The van der Waals surface area contributed by atoms with Crippen LogP contribution in [0.3, 0.4) is 0 Å². The summed E-state index contributed by atoms with van der Waals surface area (Å²) in [6, 6.07) is 12.1. The van der Waals surface area contributed by atoms with Gasteiger partial charge in [-0.15, -0.1) is 0 Å². The van der Waals surface area contributed by atoms with Crippen molar-refractivity contribution in [3.8, 4) is 5.75 Å². The summed E-state index contributed by atoms with van der Waals surface area (Å²) >= 11 is 5.83. The molecule has 3 N–H and O–H groups in total. The molecule has 0 aromatic heterocycles. The number of hydroxylamine groups is 1. The number of aliphatic hydroxyl groups is 1. The summed E-state index contributed by atoms with van der Waals surface area (Å²) in [5.41, 5.74) is 2.89. The van der Waals surface area contributed by atoms with Gasteiger partial charge >= 0.3 is 0 Å². The van der Waals surface area contributed by atoms with Crippen molar-refractivity contribution < 1.29 is 29.0 Å². The van der Waals surface area contributed by atoms with Crippen LogP contribution in [0.4, 0.5) is 10.1 Å². The summed E-state index contributed by atoms with van der Waals surface area (Å²) in [5, 5.41) is 19.7. The zero-order chi connectivity index (χ0) is 25.4. The van der Waals surface area contributed by atoms with E-state index in [1.54, 1.807) is 17.0 Å².